The standard InChI is InChI=1S/C9H20F2N2O/c1-12-4-2-5-13-6-3-7-14-8-9(10)11/h9,12-13H,2-8H2,1H3. The van der Waals surface area contributed by atoms with Crippen LogP contribution in [0.15, 0.2) is 0 Å². The third-order valence-electron chi connectivity index (χ3n) is 1.67. The van der Waals surface area contributed by atoms with Gasteiger partial charge in [0.1, 0.15) is 6.61 Å². The van der Waals surface area contributed by atoms with Crippen LogP contribution in [0.3, 0.4) is 0 Å². The van der Waals surface area contributed by atoms with E-state index in [0.29, 0.717) is 6.61 Å². The monoisotopic (exact) mass is 210 g/mol. The van der Waals surface area contributed by atoms with E-state index in [4.69, 9.17) is 4.74 Å². The average molecular weight is 210 g/mol. The first-order valence-corrected chi connectivity index (χ1v) is 4.98. The molecule has 5 heteroatoms. The largest absolute Gasteiger partial charge is 0.375 e. The molecule has 0 aromatic heterocycles. The summed E-state index contributed by atoms with van der Waals surface area (Å²) in [7, 11) is 1.91. The number of halogens is 2. The van der Waals surface area contributed by atoms with Gasteiger partial charge in [0.2, 0.25) is 0 Å². The van der Waals surface area contributed by atoms with Crippen molar-refractivity contribution in [2.45, 2.75) is 19.3 Å². The molecule has 0 aliphatic heterocycles. The molecule has 0 saturated heterocycles. The molecule has 14 heavy (non-hydrogen) atoms. The average Bonchev–Trinajstić information content (AvgIpc) is 2.15. The summed E-state index contributed by atoms with van der Waals surface area (Å²) in [6.45, 7) is 2.74. The van der Waals surface area contributed by atoms with E-state index in [2.05, 4.69) is 10.6 Å². The molecular weight excluding hydrogens is 190 g/mol. The Hall–Kier alpha value is -0.260. The van der Waals surface area contributed by atoms with E-state index in [-0.39, 0.29) is 0 Å². The number of rotatable bonds is 10. The number of ether oxygens (including phenoxy) is 1. The first-order chi connectivity index (χ1) is 6.77. The van der Waals surface area contributed by atoms with Crippen molar-refractivity contribution in [2.75, 3.05) is 39.9 Å². The molecule has 0 rings (SSSR count). The van der Waals surface area contributed by atoms with Crippen LogP contribution in [0.5, 0.6) is 0 Å². The molecule has 2 N–H and O–H groups in total. The van der Waals surface area contributed by atoms with E-state index in [9.17, 15) is 8.78 Å². The van der Waals surface area contributed by atoms with Crippen LogP contribution in [0.25, 0.3) is 0 Å². The minimum absolute atomic E-state index is 0.406. The van der Waals surface area contributed by atoms with E-state index < -0.39 is 13.0 Å². The summed E-state index contributed by atoms with van der Waals surface area (Å²) in [4.78, 5) is 0. The maximum atomic E-state index is 11.6. The molecule has 0 amide bonds. The van der Waals surface area contributed by atoms with Crippen molar-refractivity contribution in [3.05, 3.63) is 0 Å². The Balaban J connectivity index is 2.85. The molecule has 0 saturated carbocycles. The SMILES string of the molecule is CNCCCNCCCOCC(F)F. The van der Waals surface area contributed by atoms with Crippen LogP contribution in [0.4, 0.5) is 8.78 Å². The van der Waals surface area contributed by atoms with Crippen molar-refractivity contribution in [3.8, 4) is 0 Å². The maximum Gasteiger partial charge on any atom is 0.261 e. The van der Waals surface area contributed by atoms with Crippen LogP contribution in [0, 0.1) is 0 Å². The highest BCUT2D eigenvalue weighted by molar-refractivity contribution is 4.49. The Morgan fingerprint density at radius 1 is 1.14 bits per heavy atom. The number of hydrogen-bond acceptors (Lipinski definition) is 3. The fourth-order valence-electron chi connectivity index (χ4n) is 0.987. The summed E-state index contributed by atoms with van der Waals surface area (Å²) >= 11 is 0. The molecular formula is C9H20F2N2O. The second-order valence-electron chi connectivity index (χ2n) is 3.03. The van der Waals surface area contributed by atoms with Gasteiger partial charge < -0.3 is 15.4 Å². The van der Waals surface area contributed by atoms with Gasteiger partial charge in [0.15, 0.2) is 0 Å². The Kier molecular flexibility index (Phi) is 10.6. The molecule has 86 valence electrons. The molecule has 0 spiro atoms. The normalized spacial score (nSPS) is 11.1. The summed E-state index contributed by atoms with van der Waals surface area (Å²) in [5, 5.41) is 6.24. The summed E-state index contributed by atoms with van der Waals surface area (Å²) < 4.78 is 27.9. The van der Waals surface area contributed by atoms with Gasteiger partial charge in [-0.25, -0.2) is 8.78 Å². The van der Waals surface area contributed by atoms with Crippen LogP contribution in [-0.2, 0) is 4.74 Å². The van der Waals surface area contributed by atoms with Gasteiger partial charge in [0.05, 0.1) is 0 Å². The van der Waals surface area contributed by atoms with E-state index >= 15 is 0 Å². The predicted molar refractivity (Wildman–Crippen MR) is 52.9 cm³/mol. The van der Waals surface area contributed by atoms with Gasteiger partial charge in [-0.15, -0.1) is 0 Å². The smallest absolute Gasteiger partial charge is 0.261 e. The van der Waals surface area contributed by atoms with Crippen molar-refractivity contribution in [1.29, 1.82) is 0 Å². The van der Waals surface area contributed by atoms with E-state index in [1.54, 1.807) is 0 Å². The zero-order chi connectivity index (χ0) is 10.6. The first kappa shape index (κ1) is 13.7. The molecule has 0 bridgehead atoms. The molecule has 0 atom stereocenters. The van der Waals surface area contributed by atoms with Crippen LogP contribution in [0.2, 0.25) is 0 Å². The van der Waals surface area contributed by atoms with Crippen molar-refractivity contribution < 1.29 is 13.5 Å². The highest BCUT2D eigenvalue weighted by Gasteiger charge is 2.00. The van der Waals surface area contributed by atoms with Gasteiger partial charge in [-0.2, -0.15) is 0 Å². The molecule has 3 nitrogen and oxygen atoms in total. The molecule has 0 aromatic rings. The maximum absolute atomic E-state index is 11.6. The predicted octanol–water partition coefficient (Wildman–Crippen LogP) is 0.857. The molecule has 0 unspecified atom stereocenters. The Morgan fingerprint density at radius 3 is 2.50 bits per heavy atom. The molecule has 0 heterocycles. The van der Waals surface area contributed by atoms with Crippen molar-refractivity contribution >= 4 is 0 Å². The van der Waals surface area contributed by atoms with Gasteiger partial charge in [-0.3, -0.25) is 0 Å². The van der Waals surface area contributed by atoms with Gasteiger partial charge in [-0.05, 0) is 39.5 Å². The topological polar surface area (TPSA) is 33.3 Å². The van der Waals surface area contributed by atoms with E-state index in [1.165, 1.54) is 0 Å². The minimum atomic E-state index is -2.35. The zero-order valence-electron chi connectivity index (χ0n) is 8.69. The lowest BCUT2D eigenvalue weighted by Crippen LogP contribution is -2.21. The van der Waals surface area contributed by atoms with Gasteiger partial charge >= 0.3 is 0 Å². The highest BCUT2D eigenvalue weighted by Crippen LogP contribution is 1.92. The summed E-state index contributed by atoms with van der Waals surface area (Å²) in [5.41, 5.74) is 0. The fraction of sp³-hybridized carbons (Fsp3) is 1.00. The van der Waals surface area contributed by atoms with E-state index in [0.717, 1.165) is 32.5 Å². The summed E-state index contributed by atoms with van der Waals surface area (Å²) in [6, 6.07) is 0. The minimum Gasteiger partial charge on any atom is -0.375 e. The molecule has 0 aromatic carbocycles. The van der Waals surface area contributed by atoms with Crippen LogP contribution >= 0.6 is 0 Å². The number of hydrogen-bond donors (Lipinski definition) is 2. The Bertz CT molecular complexity index is 115. The van der Waals surface area contributed by atoms with Crippen LogP contribution in [-0.4, -0.2) is 46.3 Å². The third-order valence-corrected chi connectivity index (χ3v) is 1.67. The lowest BCUT2D eigenvalue weighted by Gasteiger charge is -2.05. The summed E-state index contributed by atoms with van der Waals surface area (Å²) in [5.74, 6) is 0. The molecule has 0 fully saturated rings. The van der Waals surface area contributed by atoms with Crippen LogP contribution < -0.4 is 10.6 Å². The van der Waals surface area contributed by atoms with Crippen molar-refractivity contribution in [2.24, 2.45) is 0 Å². The highest BCUT2D eigenvalue weighted by atomic mass is 19.3. The molecule has 0 aliphatic carbocycles. The van der Waals surface area contributed by atoms with Crippen LogP contribution in [0.1, 0.15) is 12.8 Å². The molecule has 0 radical (unpaired) electrons. The quantitative estimate of drug-likeness (QED) is 0.525. The second kappa shape index (κ2) is 10.8. The van der Waals surface area contributed by atoms with Crippen molar-refractivity contribution in [3.63, 3.8) is 0 Å². The Morgan fingerprint density at radius 2 is 1.86 bits per heavy atom. The van der Waals surface area contributed by atoms with Crippen molar-refractivity contribution in [1.82, 2.24) is 10.6 Å². The van der Waals surface area contributed by atoms with E-state index in [1.807, 2.05) is 7.05 Å². The lowest BCUT2D eigenvalue weighted by atomic mass is 10.4. The Labute approximate surface area is 84.2 Å². The van der Waals surface area contributed by atoms with Gasteiger partial charge in [0, 0.05) is 6.61 Å². The fourth-order valence-corrected chi connectivity index (χ4v) is 0.987. The lowest BCUT2D eigenvalue weighted by molar-refractivity contribution is 0.0168. The zero-order valence-corrected chi connectivity index (χ0v) is 8.69. The molecule has 0 aliphatic rings. The summed E-state index contributed by atoms with van der Waals surface area (Å²) in [6.07, 6.45) is -0.487. The number of nitrogens with one attached hydrogen (secondary N) is 2. The second-order valence-corrected chi connectivity index (χ2v) is 3.03. The first-order valence-electron chi connectivity index (χ1n) is 4.98. The third kappa shape index (κ3) is 11.7. The van der Waals surface area contributed by atoms with Gasteiger partial charge in [-0.1, -0.05) is 0 Å². The number of alkyl halides is 2. The van der Waals surface area contributed by atoms with Gasteiger partial charge in [0.25, 0.3) is 6.43 Å².